The van der Waals surface area contributed by atoms with E-state index in [1.54, 1.807) is 28.1 Å². The quantitative estimate of drug-likeness (QED) is 0.333. The number of likely N-dealkylation sites (N-methyl/N-ethyl adjacent to an activating group) is 2. The van der Waals surface area contributed by atoms with Gasteiger partial charge in [0.15, 0.2) is 12.6 Å². The molecule has 3 saturated heterocycles. The number of methoxy groups -OCH3 is 2. The molecular weight excluding hydrogens is 636 g/mol. The van der Waals surface area contributed by atoms with E-state index in [-0.39, 0.29) is 37.0 Å². The third kappa shape index (κ3) is 10.1. The topological polar surface area (TPSA) is 149 Å². The largest absolute Gasteiger partial charge is 0.464 e. The van der Waals surface area contributed by atoms with Gasteiger partial charge in [-0.15, -0.1) is 0 Å². The van der Waals surface area contributed by atoms with Crippen LogP contribution in [0.3, 0.4) is 0 Å². The van der Waals surface area contributed by atoms with Crippen LogP contribution in [0.2, 0.25) is 0 Å². The van der Waals surface area contributed by atoms with Gasteiger partial charge in [-0.2, -0.15) is 0 Å². The Hall–Kier alpha value is -0.970. The van der Waals surface area contributed by atoms with Crippen molar-refractivity contribution in [1.29, 1.82) is 0 Å². The van der Waals surface area contributed by atoms with E-state index in [0.29, 0.717) is 25.9 Å². The average molecular weight is 705 g/mol. The van der Waals surface area contributed by atoms with Crippen LogP contribution in [0.1, 0.15) is 74.7 Å². The molecule has 3 rings (SSSR count). The summed E-state index contributed by atoms with van der Waals surface area (Å²) in [4.78, 5) is 17.8. The lowest BCUT2D eigenvalue weighted by molar-refractivity contribution is -0.319. The molecule has 0 saturated carbocycles. The Bertz CT molecular complexity index is 1040. The van der Waals surface area contributed by atoms with Gasteiger partial charge in [0.05, 0.1) is 47.6 Å². The van der Waals surface area contributed by atoms with E-state index in [0.717, 1.165) is 0 Å². The molecule has 3 aliphatic heterocycles. The smallest absolute Gasteiger partial charge is 0.311 e. The Labute approximate surface area is 294 Å². The van der Waals surface area contributed by atoms with Crippen LogP contribution >= 0.6 is 0 Å². The van der Waals surface area contributed by atoms with Crippen LogP contribution in [0.15, 0.2) is 0 Å². The van der Waals surface area contributed by atoms with Crippen LogP contribution in [-0.2, 0) is 38.0 Å². The summed E-state index contributed by atoms with van der Waals surface area (Å²) in [6.45, 7) is 16.5. The van der Waals surface area contributed by atoms with Gasteiger partial charge in [-0.1, -0.05) is 20.8 Å². The number of aliphatic hydroxyl groups is 3. The van der Waals surface area contributed by atoms with Crippen LogP contribution in [0, 0.1) is 23.7 Å². The van der Waals surface area contributed by atoms with E-state index in [2.05, 4.69) is 4.90 Å². The Morgan fingerprint density at radius 2 is 1.51 bits per heavy atom. The van der Waals surface area contributed by atoms with Crippen molar-refractivity contribution < 1.29 is 53.3 Å². The van der Waals surface area contributed by atoms with Crippen LogP contribution in [0.5, 0.6) is 0 Å². The molecule has 16 atom stereocenters. The molecule has 49 heavy (non-hydrogen) atoms. The number of aliphatic hydroxyl groups excluding tert-OH is 3. The summed E-state index contributed by atoms with van der Waals surface area (Å²) in [7, 11) is 8.94. The van der Waals surface area contributed by atoms with Crippen LogP contribution in [0.4, 0.5) is 0 Å². The minimum Gasteiger partial charge on any atom is -0.464 e. The molecule has 0 aromatic rings. The molecule has 3 aliphatic rings. The second-order valence-corrected chi connectivity index (χ2v) is 15.9. The first kappa shape index (κ1) is 42.4. The van der Waals surface area contributed by atoms with Gasteiger partial charge >= 0.3 is 5.97 Å². The van der Waals surface area contributed by atoms with Crippen molar-refractivity contribution in [1.82, 2.24) is 9.80 Å². The standard InChI is InChI=1S/C36H68N2O11/c1-20-17-36(8,44-13)32(49-34-29(40)26(37(9)10)16-22(3)46-34)23(4)30(48-27-18-35(7,43-12)31(41)25(6)47-27)24(5)33(42)45-15-14-38(11)19-21(2)28(20)39/h20-32,34,39-41H,14-19H2,1-13H3/t20-,21-,22-,23+,24-,25+,26+,27+,28+,29-,30+,31+,32-,34+,35-,36+/m1/s1. The lowest BCUT2D eigenvalue weighted by atomic mass is 9.75. The highest BCUT2D eigenvalue weighted by Crippen LogP contribution is 2.41. The van der Waals surface area contributed by atoms with Crippen molar-refractivity contribution in [2.45, 2.75) is 147 Å². The van der Waals surface area contributed by atoms with Gasteiger partial charge in [0.1, 0.15) is 18.8 Å². The Morgan fingerprint density at radius 1 is 0.878 bits per heavy atom. The van der Waals surface area contributed by atoms with Gasteiger partial charge in [0, 0.05) is 45.7 Å². The summed E-state index contributed by atoms with van der Waals surface area (Å²) in [6.07, 6.45) is -5.53. The number of cyclic esters (lactones) is 1. The fourth-order valence-electron chi connectivity index (χ4n) is 8.16. The van der Waals surface area contributed by atoms with Crippen LogP contribution in [0.25, 0.3) is 0 Å². The number of hydrogen-bond acceptors (Lipinski definition) is 13. The van der Waals surface area contributed by atoms with E-state index in [1.165, 1.54) is 0 Å². The van der Waals surface area contributed by atoms with E-state index in [4.69, 9.17) is 33.2 Å². The third-order valence-corrected chi connectivity index (χ3v) is 11.5. The first-order chi connectivity index (χ1) is 22.8. The van der Waals surface area contributed by atoms with E-state index in [1.807, 2.05) is 67.6 Å². The van der Waals surface area contributed by atoms with E-state index in [9.17, 15) is 20.1 Å². The Morgan fingerprint density at radius 3 is 2.10 bits per heavy atom. The number of hydrogen-bond donors (Lipinski definition) is 3. The molecule has 13 nitrogen and oxygen atoms in total. The minimum atomic E-state index is -1.04. The lowest BCUT2D eigenvalue weighted by Gasteiger charge is -2.49. The molecule has 3 N–H and O–H groups in total. The number of ether oxygens (including phenoxy) is 7. The van der Waals surface area contributed by atoms with Crippen molar-refractivity contribution in [2.24, 2.45) is 23.7 Å². The van der Waals surface area contributed by atoms with Crippen LogP contribution < -0.4 is 0 Å². The molecule has 0 unspecified atom stereocenters. The molecular formula is C36H68N2O11. The molecule has 0 radical (unpaired) electrons. The van der Waals surface area contributed by atoms with Gasteiger partial charge in [-0.05, 0) is 80.4 Å². The predicted molar refractivity (Wildman–Crippen MR) is 184 cm³/mol. The zero-order chi connectivity index (χ0) is 37.0. The summed E-state index contributed by atoms with van der Waals surface area (Å²) < 4.78 is 44.0. The Balaban J connectivity index is 2.13. The summed E-state index contributed by atoms with van der Waals surface area (Å²) in [5, 5.41) is 34.0. The van der Waals surface area contributed by atoms with Crippen molar-refractivity contribution in [2.75, 3.05) is 55.1 Å². The second kappa shape index (κ2) is 17.7. The van der Waals surface area contributed by atoms with Crippen molar-refractivity contribution in [3.05, 3.63) is 0 Å². The predicted octanol–water partition coefficient (Wildman–Crippen LogP) is 2.27. The molecule has 3 fully saturated rings. The number of esters is 1. The van der Waals surface area contributed by atoms with E-state index < -0.39 is 78.2 Å². The van der Waals surface area contributed by atoms with Crippen molar-refractivity contribution in [3.63, 3.8) is 0 Å². The van der Waals surface area contributed by atoms with Crippen molar-refractivity contribution in [3.8, 4) is 0 Å². The summed E-state index contributed by atoms with van der Waals surface area (Å²) in [5.74, 6) is -2.05. The fourth-order valence-corrected chi connectivity index (χ4v) is 8.16. The minimum absolute atomic E-state index is 0.0742. The average Bonchev–Trinajstić information content (AvgIpc) is 3.04. The maximum Gasteiger partial charge on any atom is 0.311 e. The maximum absolute atomic E-state index is 13.8. The summed E-state index contributed by atoms with van der Waals surface area (Å²) >= 11 is 0. The number of rotatable bonds is 7. The van der Waals surface area contributed by atoms with Gasteiger partial charge in [0.25, 0.3) is 0 Å². The molecule has 0 spiro atoms. The molecule has 0 aromatic carbocycles. The van der Waals surface area contributed by atoms with Gasteiger partial charge < -0.3 is 58.3 Å². The van der Waals surface area contributed by atoms with Crippen LogP contribution in [-0.4, -0.2) is 159 Å². The van der Waals surface area contributed by atoms with Gasteiger partial charge in [-0.25, -0.2) is 0 Å². The van der Waals surface area contributed by atoms with Crippen molar-refractivity contribution >= 4 is 5.97 Å². The fraction of sp³-hybridized carbons (Fsp3) is 0.972. The molecule has 0 bridgehead atoms. The molecule has 288 valence electrons. The number of carbonyl (C=O) groups is 1. The normalized spacial score (nSPS) is 47.3. The number of nitrogens with zero attached hydrogens (tertiary/aromatic N) is 2. The maximum atomic E-state index is 13.8. The molecule has 3 heterocycles. The number of carbonyl (C=O) groups excluding carboxylic acids is 1. The molecule has 0 aliphatic carbocycles. The zero-order valence-electron chi connectivity index (χ0n) is 32.3. The molecule has 13 heteroatoms. The first-order valence-electron chi connectivity index (χ1n) is 18.1. The summed E-state index contributed by atoms with van der Waals surface area (Å²) in [6, 6.07) is -0.213. The highest BCUT2D eigenvalue weighted by atomic mass is 16.7. The van der Waals surface area contributed by atoms with E-state index >= 15 is 0 Å². The first-order valence-corrected chi connectivity index (χ1v) is 18.1. The SMILES string of the molecule is CO[C@]1(C)C[C@H](O[C@H]2[C@H](C)[C@@H](O[C@@H]3O[C@H](C)C[C@H](N(C)C)[C@H]3O)[C@@](C)(OC)C[C@@H](C)[C@H](O)[C@H](C)CN(C)CCOC(=O)[C@@H]2C)O[C@@H](C)[C@@H]1O. The second-order valence-electron chi connectivity index (χ2n) is 15.9. The zero-order valence-corrected chi connectivity index (χ0v) is 32.3. The highest BCUT2D eigenvalue weighted by Gasteiger charge is 2.52. The van der Waals surface area contributed by atoms with Gasteiger partial charge in [0.2, 0.25) is 0 Å². The highest BCUT2D eigenvalue weighted by molar-refractivity contribution is 5.72. The third-order valence-electron chi connectivity index (χ3n) is 11.5. The van der Waals surface area contributed by atoms with Gasteiger partial charge in [-0.3, -0.25) is 4.79 Å². The lowest BCUT2D eigenvalue weighted by Crippen LogP contribution is -2.61. The molecule has 0 aromatic heterocycles. The Kier molecular flexibility index (Phi) is 15.3. The summed E-state index contributed by atoms with van der Waals surface area (Å²) in [5.41, 5.74) is -1.98. The molecule has 0 amide bonds. The monoisotopic (exact) mass is 704 g/mol.